The van der Waals surface area contributed by atoms with E-state index in [0.29, 0.717) is 16.5 Å². The summed E-state index contributed by atoms with van der Waals surface area (Å²) in [6.45, 7) is 1.53. The van der Waals surface area contributed by atoms with E-state index < -0.39 is 11.5 Å². The van der Waals surface area contributed by atoms with E-state index >= 15 is 0 Å². The molecule has 0 bridgehead atoms. The highest BCUT2D eigenvalue weighted by molar-refractivity contribution is 6.30. The Labute approximate surface area is 142 Å². The fourth-order valence-electron chi connectivity index (χ4n) is 2.11. The van der Waals surface area contributed by atoms with E-state index in [0.717, 1.165) is 0 Å². The van der Waals surface area contributed by atoms with Gasteiger partial charge in [0.25, 0.3) is 5.91 Å². The second-order valence-electron chi connectivity index (χ2n) is 5.43. The number of benzene rings is 1. The Hall–Kier alpha value is -2.64. The minimum atomic E-state index is -1.32. The first-order chi connectivity index (χ1) is 11.5. The topological polar surface area (TPSA) is 93.2 Å². The summed E-state index contributed by atoms with van der Waals surface area (Å²) in [6, 6.07) is 10.3. The molecule has 0 saturated carbocycles. The van der Waals surface area contributed by atoms with Crippen LogP contribution in [-0.4, -0.2) is 32.6 Å². The molecule has 0 spiro atoms. The van der Waals surface area contributed by atoms with Gasteiger partial charge in [0.2, 0.25) is 0 Å². The van der Waals surface area contributed by atoms with Crippen LogP contribution in [0.15, 0.2) is 53.3 Å². The molecule has 1 amide bonds. The second-order valence-corrected chi connectivity index (χ2v) is 5.87. The lowest BCUT2D eigenvalue weighted by Gasteiger charge is -2.20. The molecule has 7 nitrogen and oxygen atoms in total. The molecule has 2 aromatic heterocycles. The van der Waals surface area contributed by atoms with Crippen LogP contribution in [0.3, 0.4) is 0 Å². The van der Waals surface area contributed by atoms with Crippen LogP contribution in [0.5, 0.6) is 0 Å². The number of carbonyl (C=O) groups excluding carboxylic acids is 1. The first-order valence-electron chi connectivity index (χ1n) is 7.18. The molecule has 8 heteroatoms. The quantitative estimate of drug-likeness (QED) is 0.738. The van der Waals surface area contributed by atoms with Gasteiger partial charge in [0.1, 0.15) is 11.4 Å². The molecule has 2 heterocycles. The third-order valence-electron chi connectivity index (χ3n) is 3.41. The Morgan fingerprint density at radius 1 is 1.42 bits per heavy atom. The van der Waals surface area contributed by atoms with Crippen LogP contribution < -0.4 is 5.32 Å². The molecule has 1 aromatic carbocycles. The molecule has 1 unspecified atom stereocenters. The average Bonchev–Trinajstić information content (AvgIpc) is 3.24. The maximum absolute atomic E-state index is 12.2. The molecule has 24 heavy (non-hydrogen) atoms. The molecular weight excluding hydrogens is 332 g/mol. The minimum absolute atomic E-state index is 0.0244. The molecule has 0 radical (unpaired) electrons. The number of furan rings is 1. The lowest BCUT2D eigenvalue weighted by molar-refractivity contribution is 0.0329. The van der Waals surface area contributed by atoms with Crippen LogP contribution in [-0.2, 0) is 5.60 Å². The number of aliphatic hydroxyl groups is 1. The standard InChI is InChI=1S/C16H15ClN4O3/c1-16(23,14-6-3-7-24-14)10-18-15(22)13-9-19-21(20-13)12-5-2-4-11(17)8-12/h2-9,23H,10H2,1H3,(H,18,22). The van der Waals surface area contributed by atoms with Gasteiger partial charge in [-0.25, -0.2) is 0 Å². The van der Waals surface area contributed by atoms with Crippen molar-refractivity contribution in [1.29, 1.82) is 0 Å². The lowest BCUT2D eigenvalue weighted by Crippen LogP contribution is -2.38. The maximum atomic E-state index is 12.2. The van der Waals surface area contributed by atoms with Crippen molar-refractivity contribution in [2.75, 3.05) is 6.54 Å². The number of carbonyl (C=O) groups is 1. The molecule has 0 aliphatic rings. The van der Waals surface area contributed by atoms with Gasteiger partial charge in [0, 0.05) is 5.02 Å². The Bertz CT molecular complexity index is 843. The summed E-state index contributed by atoms with van der Waals surface area (Å²) in [5.41, 5.74) is -0.545. The zero-order valence-electron chi connectivity index (χ0n) is 12.8. The predicted molar refractivity (Wildman–Crippen MR) is 87.0 cm³/mol. The third-order valence-corrected chi connectivity index (χ3v) is 3.64. The van der Waals surface area contributed by atoms with E-state index in [2.05, 4.69) is 15.5 Å². The van der Waals surface area contributed by atoms with E-state index in [9.17, 15) is 9.90 Å². The summed E-state index contributed by atoms with van der Waals surface area (Å²) < 4.78 is 5.16. The summed E-state index contributed by atoms with van der Waals surface area (Å²) in [5.74, 6) is -0.0829. The van der Waals surface area contributed by atoms with Gasteiger partial charge in [-0.2, -0.15) is 9.90 Å². The molecule has 0 aliphatic heterocycles. The number of aromatic nitrogens is 3. The summed E-state index contributed by atoms with van der Waals surface area (Å²) in [4.78, 5) is 13.5. The van der Waals surface area contributed by atoms with Crippen molar-refractivity contribution >= 4 is 17.5 Å². The maximum Gasteiger partial charge on any atom is 0.273 e. The van der Waals surface area contributed by atoms with E-state index in [1.165, 1.54) is 17.3 Å². The Balaban J connectivity index is 1.68. The van der Waals surface area contributed by atoms with Crippen LogP contribution >= 0.6 is 11.6 Å². The number of rotatable bonds is 5. The number of nitrogens with one attached hydrogen (secondary N) is 1. The largest absolute Gasteiger partial charge is 0.466 e. The third kappa shape index (κ3) is 3.47. The van der Waals surface area contributed by atoms with Crippen molar-refractivity contribution in [2.24, 2.45) is 0 Å². The number of hydrogen-bond acceptors (Lipinski definition) is 5. The van der Waals surface area contributed by atoms with Crippen molar-refractivity contribution < 1.29 is 14.3 Å². The smallest absolute Gasteiger partial charge is 0.273 e. The number of hydrogen-bond donors (Lipinski definition) is 2. The summed E-state index contributed by atoms with van der Waals surface area (Å²) >= 11 is 5.93. The monoisotopic (exact) mass is 346 g/mol. The second kappa shape index (κ2) is 6.46. The fourth-order valence-corrected chi connectivity index (χ4v) is 2.29. The van der Waals surface area contributed by atoms with E-state index in [4.69, 9.17) is 16.0 Å². The zero-order chi connectivity index (χ0) is 17.2. The first-order valence-corrected chi connectivity index (χ1v) is 7.56. The van der Waals surface area contributed by atoms with Crippen molar-refractivity contribution in [3.8, 4) is 5.69 Å². The Morgan fingerprint density at radius 3 is 2.96 bits per heavy atom. The van der Waals surface area contributed by atoms with Crippen LogP contribution in [0.25, 0.3) is 5.69 Å². The molecule has 3 rings (SSSR count). The van der Waals surface area contributed by atoms with E-state index in [1.54, 1.807) is 43.3 Å². The van der Waals surface area contributed by atoms with Crippen molar-refractivity contribution in [3.63, 3.8) is 0 Å². The van der Waals surface area contributed by atoms with Crippen molar-refractivity contribution in [1.82, 2.24) is 20.3 Å². The van der Waals surface area contributed by atoms with Gasteiger partial charge in [0.15, 0.2) is 5.69 Å². The van der Waals surface area contributed by atoms with Gasteiger partial charge in [-0.15, -0.1) is 5.10 Å². The van der Waals surface area contributed by atoms with Gasteiger partial charge in [-0.1, -0.05) is 17.7 Å². The Morgan fingerprint density at radius 2 is 2.25 bits per heavy atom. The number of halogens is 1. The predicted octanol–water partition coefficient (Wildman–Crippen LogP) is 2.15. The molecular formula is C16H15ClN4O3. The fraction of sp³-hybridized carbons (Fsp3) is 0.188. The van der Waals surface area contributed by atoms with Crippen molar-refractivity contribution in [3.05, 3.63) is 65.3 Å². The van der Waals surface area contributed by atoms with Crippen LogP contribution in [0, 0.1) is 0 Å². The van der Waals surface area contributed by atoms with Gasteiger partial charge < -0.3 is 14.8 Å². The van der Waals surface area contributed by atoms with E-state index in [1.807, 2.05) is 0 Å². The Kier molecular flexibility index (Phi) is 4.37. The number of nitrogens with zero attached hydrogens (tertiary/aromatic N) is 3. The van der Waals surface area contributed by atoms with Crippen LogP contribution in [0.1, 0.15) is 23.2 Å². The average molecular weight is 347 g/mol. The molecule has 1 atom stereocenters. The zero-order valence-corrected chi connectivity index (χ0v) is 13.6. The minimum Gasteiger partial charge on any atom is -0.466 e. The molecule has 0 fully saturated rings. The van der Waals surface area contributed by atoms with Crippen molar-refractivity contribution in [2.45, 2.75) is 12.5 Å². The normalized spacial score (nSPS) is 13.5. The van der Waals surface area contributed by atoms with Gasteiger partial charge in [0.05, 0.1) is 24.7 Å². The molecule has 2 N–H and O–H groups in total. The van der Waals surface area contributed by atoms with E-state index in [-0.39, 0.29) is 12.2 Å². The summed E-state index contributed by atoms with van der Waals surface area (Å²) in [5, 5.41) is 21.6. The molecule has 3 aromatic rings. The molecule has 0 saturated heterocycles. The highest BCUT2D eigenvalue weighted by atomic mass is 35.5. The molecule has 124 valence electrons. The number of amides is 1. The highest BCUT2D eigenvalue weighted by Crippen LogP contribution is 2.20. The van der Waals surface area contributed by atoms with Gasteiger partial charge in [-0.05, 0) is 37.3 Å². The van der Waals surface area contributed by atoms with Crippen LogP contribution in [0.2, 0.25) is 5.02 Å². The molecule has 0 aliphatic carbocycles. The van der Waals surface area contributed by atoms with Crippen LogP contribution in [0.4, 0.5) is 0 Å². The first kappa shape index (κ1) is 16.2. The highest BCUT2D eigenvalue weighted by Gasteiger charge is 2.27. The SMILES string of the molecule is CC(O)(CNC(=O)c1cnn(-c2cccc(Cl)c2)n1)c1ccco1. The summed E-state index contributed by atoms with van der Waals surface area (Å²) in [7, 11) is 0. The van der Waals surface area contributed by atoms with Gasteiger partial charge in [-0.3, -0.25) is 4.79 Å². The summed E-state index contributed by atoms with van der Waals surface area (Å²) in [6.07, 6.45) is 2.81. The lowest BCUT2D eigenvalue weighted by atomic mass is 10.0. The van der Waals surface area contributed by atoms with Gasteiger partial charge >= 0.3 is 0 Å².